The fourth-order valence-electron chi connectivity index (χ4n) is 1.83. The van der Waals surface area contributed by atoms with E-state index in [1.165, 1.54) is 0 Å². The van der Waals surface area contributed by atoms with Crippen molar-refractivity contribution in [1.29, 1.82) is 0 Å². The van der Waals surface area contributed by atoms with Crippen molar-refractivity contribution in [2.24, 2.45) is 17.1 Å². The van der Waals surface area contributed by atoms with Gasteiger partial charge >= 0.3 is 0 Å². The monoisotopic (exact) mass is 228 g/mol. The Kier molecular flexibility index (Phi) is 4.33. The molecule has 0 aromatic rings. The van der Waals surface area contributed by atoms with Crippen LogP contribution in [-0.2, 0) is 4.79 Å². The van der Waals surface area contributed by atoms with Gasteiger partial charge in [-0.1, -0.05) is 20.8 Å². The zero-order valence-corrected chi connectivity index (χ0v) is 10.6. The molecule has 1 amide bonds. The number of nitrogens with zero attached hydrogens (tertiary/aromatic N) is 1. The molecule has 1 heterocycles. The smallest absolute Gasteiger partial charge is 0.224 e. The lowest BCUT2D eigenvalue weighted by atomic mass is 9.85. The molecule has 4 heteroatoms. The third-order valence-electron chi connectivity index (χ3n) is 3.40. The van der Waals surface area contributed by atoms with E-state index in [1.54, 1.807) is 0 Å². The highest BCUT2D eigenvalue weighted by Crippen LogP contribution is 2.22. The van der Waals surface area contributed by atoms with E-state index in [4.69, 9.17) is 10.8 Å². The van der Waals surface area contributed by atoms with Crippen LogP contribution >= 0.6 is 0 Å². The summed E-state index contributed by atoms with van der Waals surface area (Å²) in [7, 11) is 0. The lowest BCUT2D eigenvalue weighted by molar-refractivity contribution is -0.131. The second-order valence-electron chi connectivity index (χ2n) is 5.85. The van der Waals surface area contributed by atoms with Crippen molar-refractivity contribution < 1.29 is 9.90 Å². The second kappa shape index (κ2) is 5.15. The van der Waals surface area contributed by atoms with Crippen LogP contribution in [-0.4, -0.2) is 41.7 Å². The van der Waals surface area contributed by atoms with Crippen molar-refractivity contribution in [3.63, 3.8) is 0 Å². The van der Waals surface area contributed by atoms with Crippen molar-refractivity contribution in [2.75, 3.05) is 19.7 Å². The average molecular weight is 228 g/mol. The Labute approximate surface area is 97.8 Å². The average Bonchev–Trinajstić information content (AvgIpc) is 2.64. The predicted octanol–water partition coefficient (Wildman–Crippen LogP) is 0.591. The highest BCUT2D eigenvalue weighted by Gasteiger charge is 2.29. The SMILES string of the molecule is CC(C)(C)C(N)CC(=O)N1CCC(CO)C1. The molecule has 4 nitrogen and oxygen atoms in total. The van der Waals surface area contributed by atoms with E-state index < -0.39 is 0 Å². The van der Waals surface area contributed by atoms with E-state index in [2.05, 4.69) is 0 Å². The molecular formula is C12H24N2O2. The molecule has 0 radical (unpaired) electrons. The van der Waals surface area contributed by atoms with Gasteiger partial charge in [0, 0.05) is 38.1 Å². The minimum Gasteiger partial charge on any atom is -0.396 e. The van der Waals surface area contributed by atoms with Gasteiger partial charge in [-0.15, -0.1) is 0 Å². The number of aliphatic hydroxyl groups is 1. The molecule has 94 valence electrons. The summed E-state index contributed by atoms with van der Waals surface area (Å²) in [6.45, 7) is 7.77. The minimum absolute atomic E-state index is 0.0359. The van der Waals surface area contributed by atoms with Gasteiger partial charge in [-0.05, 0) is 11.8 Å². The molecule has 0 bridgehead atoms. The van der Waals surface area contributed by atoms with Gasteiger partial charge in [-0.3, -0.25) is 4.79 Å². The molecule has 2 unspecified atom stereocenters. The molecule has 2 atom stereocenters. The van der Waals surface area contributed by atoms with Crippen LogP contribution < -0.4 is 5.73 Å². The first-order chi connectivity index (χ1) is 7.34. The van der Waals surface area contributed by atoms with Crippen LogP contribution in [0.3, 0.4) is 0 Å². The normalized spacial score (nSPS) is 23.6. The zero-order chi connectivity index (χ0) is 12.3. The number of aliphatic hydroxyl groups excluding tert-OH is 1. The lowest BCUT2D eigenvalue weighted by Crippen LogP contribution is -2.41. The summed E-state index contributed by atoms with van der Waals surface area (Å²) in [6, 6.07) is -0.104. The first kappa shape index (κ1) is 13.5. The van der Waals surface area contributed by atoms with Crippen molar-refractivity contribution in [3.05, 3.63) is 0 Å². The Morgan fingerprint density at radius 3 is 2.62 bits per heavy atom. The summed E-state index contributed by atoms with van der Waals surface area (Å²) in [6.07, 6.45) is 1.31. The van der Waals surface area contributed by atoms with Crippen molar-refractivity contribution in [1.82, 2.24) is 4.90 Å². The lowest BCUT2D eigenvalue weighted by Gasteiger charge is -2.28. The summed E-state index contributed by atoms with van der Waals surface area (Å²) in [5, 5.41) is 9.01. The third kappa shape index (κ3) is 3.46. The molecule has 0 aliphatic carbocycles. The highest BCUT2D eigenvalue weighted by atomic mass is 16.3. The zero-order valence-electron chi connectivity index (χ0n) is 10.6. The standard InChI is InChI=1S/C12H24N2O2/c1-12(2,3)10(13)6-11(16)14-5-4-9(7-14)8-15/h9-10,15H,4-8,13H2,1-3H3. The first-order valence-corrected chi connectivity index (χ1v) is 5.98. The van der Waals surface area contributed by atoms with Crippen molar-refractivity contribution >= 4 is 5.91 Å². The molecular weight excluding hydrogens is 204 g/mol. The summed E-state index contributed by atoms with van der Waals surface area (Å²) < 4.78 is 0. The van der Waals surface area contributed by atoms with E-state index in [0.29, 0.717) is 13.0 Å². The first-order valence-electron chi connectivity index (χ1n) is 5.98. The van der Waals surface area contributed by atoms with Gasteiger partial charge in [-0.25, -0.2) is 0 Å². The Bertz CT molecular complexity index is 248. The highest BCUT2D eigenvalue weighted by molar-refractivity contribution is 5.77. The van der Waals surface area contributed by atoms with Crippen LogP contribution in [0.2, 0.25) is 0 Å². The minimum atomic E-state index is -0.104. The number of hydrogen-bond donors (Lipinski definition) is 2. The predicted molar refractivity (Wildman–Crippen MR) is 63.8 cm³/mol. The summed E-state index contributed by atoms with van der Waals surface area (Å²) >= 11 is 0. The van der Waals surface area contributed by atoms with Crippen molar-refractivity contribution in [3.8, 4) is 0 Å². The molecule has 0 aromatic carbocycles. The molecule has 16 heavy (non-hydrogen) atoms. The van der Waals surface area contributed by atoms with Gasteiger partial charge in [-0.2, -0.15) is 0 Å². The molecule has 0 aromatic heterocycles. The van der Waals surface area contributed by atoms with Gasteiger partial charge < -0.3 is 15.7 Å². The van der Waals surface area contributed by atoms with Crippen LogP contribution in [0.25, 0.3) is 0 Å². The molecule has 0 spiro atoms. The van der Waals surface area contributed by atoms with E-state index in [9.17, 15) is 4.79 Å². The molecule has 1 rings (SSSR count). The Morgan fingerprint density at radius 1 is 1.56 bits per heavy atom. The number of carbonyl (C=O) groups excluding carboxylic acids is 1. The number of hydrogen-bond acceptors (Lipinski definition) is 3. The van der Waals surface area contributed by atoms with Crippen LogP contribution in [0.15, 0.2) is 0 Å². The largest absolute Gasteiger partial charge is 0.396 e. The fourth-order valence-corrected chi connectivity index (χ4v) is 1.83. The summed E-state index contributed by atoms with van der Waals surface area (Å²) in [5.74, 6) is 0.383. The summed E-state index contributed by atoms with van der Waals surface area (Å²) in [5.41, 5.74) is 5.95. The Hall–Kier alpha value is -0.610. The molecule has 1 fully saturated rings. The third-order valence-corrected chi connectivity index (χ3v) is 3.40. The molecule has 0 saturated carbocycles. The number of amides is 1. The Balaban J connectivity index is 2.42. The topological polar surface area (TPSA) is 66.6 Å². The van der Waals surface area contributed by atoms with Gasteiger partial charge in [0.05, 0.1) is 0 Å². The quantitative estimate of drug-likeness (QED) is 0.743. The Morgan fingerprint density at radius 2 is 2.19 bits per heavy atom. The van der Waals surface area contributed by atoms with E-state index in [-0.39, 0.29) is 29.9 Å². The maximum Gasteiger partial charge on any atom is 0.224 e. The number of carbonyl (C=O) groups is 1. The molecule has 1 aliphatic rings. The maximum absolute atomic E-state index is 11.9. The van der Waals surface area contributed by atoms with E-state index >= 15 is 0 Å². The molecule has 1 saturated heterocycles. The molecule has 3 N–H and O–H groups in total. The van der Waals surface area contributed by atoms with Crippen LogP contribution in [0.1, 0.15) is 33.6 Å². The van der Waals surface area contributed by atoms with Gasteiger partial charge in [0.1, 0.15) is 0 Å². The van der Waals surface area contributed by atoms with E-state index in [1.807, 2.05) is 25.7 Å². The van der Waals surface area contributed by atoms with Crippen molar-refractivity contribution in [2.45, 2.75) is 39.7 Å². The summed E-state index contributed by atoms with van der Waals surface area (Å²) in [4.78, 5) is 13.8. The van der Waals surface area contributed by atoms with Gasteiger partial charge in [0.15, 0.2) is 0 Å². The van der Waals surface area contributed by atoms with E-state index in [0.717, 1.165) is 13.0 Å². The number of nitrogens with two attached hydrogens (primary N) is 1. The number of likely N-dealkylation sites (tertiary alicyclic amines) is 1. The van der Waals surface area contributed by atoms with Crippen LogP contribution in [0.4, 0.5) is 0 Å². The second-order valence-corrected chi connectivity index (χ2v) is 5.85. The molecule has 1 aliphatic heterocycles. The maximum atomic E-state index is 11.9. The van der Waals surface area contributed by atoms with Gasteiger partial charge in [0.2, 0.25) is 5.91 Å². The van der Waals surface area contributed by atoms with Gasteiger partial charge in [0.25, 0.3) is 0 Å². The van der Waals surface area contributed by atoms with Crippen LogP contribution in [0.5, 0.6) is 0 Å². The fraction of sp³-hybridized carbons (Fsp3) is 0.917. The number of rotatable bonds is 3. The van der Waals surface area contributed by atoms with Crippen LogP contribution in [0, 0.1) is 11.3 Å².